The van der Waals surface area contributed by atoms with Gasteiger partial charge >= 0.3 is 0 Å². The van der Waals surface area contributed by atoms with E-state index in [0.29, 0.717) is 24.5 Å². The summed E-state index contributed by atoms with van der Waals surface area (Å²) in [5.41, 5.74) is 1.09. The summed E-state index contributed by atoms with van der Waals surface area (Å²) in [6, 6.07) is 7.74. The van der Waals surface area contributed by atoms with Gasteiger partial charge in [-0.1, -0.05) is 6.92 Å². The zero-order valence-electron chi connectivity index (χ0n) is 13.5. The van der Waals surface area contributed by atoms with Crippen molar-refractivity contribution in [2.24, 2.45) is 0 Å². The molecule has 0 N–H and O–H groups in total. The van der Waals surface area contributed by atoms with Gasteiger partial charge in [-0.25, -0.2) is 4.68 Å². The summed E-state index contributed by atoms with van der Waals surface area (Å²) >= 11 is 0. The molecule has 0 unspecified atom stereocenters. The summed E-state index contributed by atoms with van der Waals surface area (Å²) in [5.74, 6) is -0.0774. The Morgan fingerprint density at radius 1 is 1.17 bits per heavy atom. The molecular weight excluding hydrogens is 310 g/mol. The van der Waals surface area contributed by atoms with Gasteiger partial charge in [0.05, 0.1) is 10.6 Å². The smallest absolute Gasteiger partial charge is 0.274 e. The van der Waals surface area contributed by atoms with Crippen molar-refractivity contribution in [2.45, 2.75) is 6.92 Å². The highest BCUT2D eigenvalue weighted by molar-refractivity contribution is 5.92. The van der Waals surface area contributed by atoms with Gasteiger partial charge < -0.3 is 9.80 Å². The van der Waals surface area contributed by atoms with Crippen molar-refractivity contribution in [2.75, 3.05) is 32.7 Å². The number of benzene rings is 1. The van der Waals surface area contributed by atoms with E-state index in [-0.39, 0.29) is 11.6 Å². The predicted molar refractivity (Wildman–Crippen MR) is 88.2 cm³/mol. The molecule has 2 aromatic rings. The van der Waals surface area contributed by atoms with Crippen molar-refractivity contribution >= 4 is 11.6 Å². The number of nitro benzene ring substituents is 1. The summed E-state index contributed by atoms with van der Waals surface area (Å²) in [6.07, 6.45) is 1.69. The van der Waals surface area contributed by atoms with Gasteiger partial charge in [-0.3, -0.25) is 14.9 Å². The Morgan fingerprint density at radius 3 is 2.42 bits per heavy atom. The summed E-state index contributed by atoms with van der Waals surface area (Å²) in [5, 5.41) is 15.0. The highest BCUT2D eigenvalue weighted by Gasteiger charge is 2.23. The minimum absolute atomic E-state index is 0.0241. The van der Waals surface area contributed by atoms with E-state index in [1.807, 2.05) is 4.90 Å². The Morgan fingerprint density at radius 2 is 1.83 bits per heavy atom. The molecule has 0 aliphatic carbocycles. The lowest BCUT2D eigenvalue weighted by atomic mass is 10.3. The highest BCUT2D eigenvalue weighted by atomic mass is 16.6. The van der Waals surface area contributed by atoms with Crippen LogP contribution in [0, 0.1) is 10.1 Å². The lowest BCUT2D eigenvalue weighted by molar-refractivity contribution is -0.384. The van der Waals surface area contributed by atoms with Crippen LogP contribution in [0.15, 0.2) is 36.5 Å². The number of hydrogen-bond acceptors (Lipinski definition) is 5. The third kappa shape index (κ3) is 3.28. The van der Waals surface area contributed by atoms with Gasteiger partial charge in [-0.2, -0.15) is 5.10 Å². The van der Waals surface area contributed by atoms with Crippen LogP contribution >= 0.6 is 0 Å². The van der Waals surface area contributed by atoms with Crippen molar-refractivity contribution in [3.05, 3.63) is 52.3 Å². The third-order valence-corrected chi connectivity index (χ3v) is 4.24. The standard InChI is InChI=1S/C16H19N5O3/c1-2-18-9-11-19(12-10-18)16(22)15-7-8-20(17-15)13-3-5-14(6-4-13)21(23)24/h3-8H,2,9-12H2,1H3. The Balaban J connectivity index is 1.71. The summed E-state index contributed by atoms with van der Waals surface area (Å²) in [4.78, 5) is 26.9. The van der Waals surface area contributed by atoms with Crippen LogP contribution in [0.2, 0.25) is 0 Å². The molecule has 0 spiro atoms. The molecule has 3 rings (SSSR count). The molecule has 0 saturated carbocycles. The van der Waals surface area contributed by atoms with E-state index >= 15 is 0 Å². The molecule has 24 heavy (non-hydrogen) atoms. The molecular formula is C16H19N5O3. The van der Waals surface area contributed by atoms with Crippen molar-refractivity contribution < 1.29 is 9.72 Å². The topological polar surface area (TPSA) is 84.5 Å². The first-order valence-electron chi connectivity index (χ1n) is 7.90. The van der Waals surface area contributed by atoms with Crippen molar-refractivity contribution in [1.82, 2.24) is 19.6 Å². The van der Waals surface area contributed by atoms with Gasteiger partial charge in [-0.05, 0) is 24.7 Å². The fourth-order valence-corrected chi connectivity index (χ4v) is 2.74. The average Bonchev–Trinajstić information content (AvgIpc) is 3.11. The first kappa shape index (κ1) is 16.1. The Labute approximate surface area is 139 Å². The number of rotatable bonds is 4. The summed E-state index contributed by atoms with van der Waals surface area (Å²) in [6.45, 7) is 6.28. The zero-order valence-corrected chi connectivity index (χ0v) is 13.5. The van der Waals surface area contributed by atoms with E-state index in [1.54, 1.807) is 29.1 Å². The van der Waals surface area contributed by atoms with Crippen LogP contribution in [0.25, 0.3) is 5.69 Å². The number of piperazine rings is 1. The van der Waals surface area contributed by atoms with Gasteiger partial charge in [0.15, 0.2) is 5.69 Å². The van der Waals surface area contributed by atoms with E-state index in [0.717, 1.165) is 19.6 Å². The maximum atomic E-state index is 12.5. The first-order chi connectivity index (χ1) is 11.6. The molecule has 0 atom stereocenters. The van der Waals surface area contributed by atoms with Crippen molar-refractivity contribution in [3.63, 3.8) is 0 Å². The van der Waals surface area contributed by atoms with Crippen molar-refractivity contribution in [3.8, 4) is 5.69 Å². The molecule has 0 radical (unpaired) electrons. The van der Waals surface area contributed by atoms with E-state index in [4.69, 9.17) is 0 Å². The summed E-state index contributed by atoms with van der Waals surface area (Å²) < 4.78 is 1.55. The molecule has 1 fully saturated rings. The van der Waals surface area contributed by atoms with Crippen LogP contribution in [0.4, 0.5) is 5.69 Å². The third-order valence-electron chi connectivity index (χ3n) is 4.24. The number of carbonyl (C=O) groups excluding carboxylic acids is 1. The van der Waals surface area contributed by atoms with Crippen LogP contribution in [0.3, 0.4) is 0 Å². The zero-order chi connectivity index (χ0) is 17.1. The lowest BCUT2D eigenvalue weighted by Gasteiger charge is -2.33. The maximum absolute atomic E-state index is 12.5. The fraction of sp³-hybridized carbons (Fsp3) is 0.375. The largest absolute Gasteiger partial charge is 0.335 e. The fourth-order valence-electron chi connectivity index (χ4n) is 2.74. The number of hydrogen-bond donors (Lipinski definition) is 0. The molecule has 1 aliphatic heterocycles. The monoisotopic (exact) mass is 329 g/mol. The molecule has 8 heteroatoms. The molecule has 1 saturated heterocycles. The molecule has 126 valence electrons. The number of non-ortho nitro benzene ring substituents is 1. The van der Waals surface area contributed by atoms with Crippen LogP contribution in [0.1, 0.15) is 17.4 Å². The van der Waals surface area contributed by atoms with Gasteiger partial charge in [-0.15, -0.1) is 0 Å². The molecule has 1 aromatic heterocycles. The molecule has 2 heterocycles. The quantitative estimate of drug-likeness (QED) is 0.628. The minimum Gasteiger partial charge on any atom is -0.335 e. The second kappa shape index (κ2) is 6.79. The number of nitrogens with zero attached hydrogens (tertiary/aromatic N) is 5. The van der Waals surface area contributed by atoms with Gasteiger partial charge in [0.25, 0.3) is 11.6 Å². The van der Waals surface area contributed by atoms with Crippen molar-refractivity contribution in [1.29, 1.82) is 0 Å². The maximum Gasteiger partial charge on any atom is 0.274 e. The van der Waals surface area contributed by atoms with Gasteiger partial charge in [0, 0.05) is 44.5 Å². The summed E-state index contributed by atoms with van der Waals surface area (Å²) in [7, 11) is 0. The molecule has 1 aliphatic rings. The minimum atomic E-state index is -0.447. The average molecular weight is 329 g/mol. The highest BCUT2D eigenvalue weighted by Crippen LogP contribution is 2.15. The molecule has 1 amide bonds. The van der Waals surface area contributed by atoms with E-state index in [2.05, 4.69) is 16.9 Å². The number of amides is 1. The van der Waals surface area contributed by atoms with E-state index in [9.17, 15) is 14.9 Å². The Kier molecular flexibility index (Phi) is 4.57. The number of carbonyl (C=O) groups is 1. The van der Waals surface area contributed by atoms with Gasteiger partial charge in [0.2, 0.25) is 0 Å². The predicted octanol–water partition coefficient (Wildman–Crippen LogP) is 1.56. The van der Waals surface area contributed by atoms with Gasteiger partial charge in [0.1, 0.15) is 0 Å². The molecule has 8 nitrogen and oxygen atoms in total. The first-order valence-corrected chi connectivity index (χ1v) is 7.90. The second-order valence-corrected chi connectivity index (χ2v) is 5.65. The number of nitro groups is 1. The Hall–Kier alpha value is -2.74. The number of aromatic nitrogens is 2. The molecule has 0 bridgehead atoms. The SMILES string of the molecule is CCN1CCN(C(=O)c2ccn(-c3ccc([N+](=O)[O-])cc3)n2)CC1. The molecule has 1 aromatic carbocycles. The van der Waals surface area contributed by atoms with Crippen LogP contribution in [-0.2, 0) is 0 Å². The Bertz CT molecular complexity index is 732. The second-order valence-electron chi connectivity index (χ2n) is 5.65. The van der Waals surface area contributed by atoms with Crippen LogP contribution < -0.4 is 0 Å². The van der Waals surface area contributed by atoms with E-state index < -0.39 is 4.92 Å². The number of likely N-dealkylation sites (N-methyl/N-ethyl adjacent to an activating group) is 1. The van der Waals surface area contributed by atoms with Crippen LogP contribution in [-0.4, -0.2) is 63.1 Å². The van der Waals surface area contributed by atoms with Crippen LogP contribution in [0.5, 0.6) is 0 Å². The van der Waals surface area contributed by atoms with E-state index in [1.165, 1.54) is 12.1 Å². The normalized spacial score (nSPS) is 15.5. The lowest BCUT2D eigenvalue weighted by Crippen LogP contribution is -2.48.